The fourth-order valence-electron chi connectivity index (χ4n) is 2.12. The van der Waals surface area contributed by atoms with Crippen LogP contribution in [0.5, 0.6) is 0 Å². The number of nitrogens with zero attached hydrogens (tertiary/aromatic N) is 1. The van der Waals surface area contributed by atoms with E-state index in [0.717, 1.165) is 11.3 Å². The van der Waals surface area contributed by atoms with Gasteiger partial charge in [0.05, 0.1) is 5.75 Å². The minimum absolute atomic E-state index is 0.00654. The van der Waals surface area contributed by atoms with E-state index in [-0.39, 0.29) is 11.8 Å². The summed E-state index contributed by atoms with van der Waals surface area (Å²) in [4.78, 5) is 0. The Morgan fingerprint density at radius 2 is 2.00 bits per heavy atom. The predicted octanol–water partition coefficient (Wildman–Crippen LogP) is 1.65. The van der Waals surface area contributed by atoms with Crippen LogP contribution in [-0.4, -0.2) is 31.9 Å². The first kappa shape index (κ1) is 12.4. The van der Waals surface area contributed by atoms with Gasteiger partial charge in [-0.3, -0.25) is 0 Å². The van der Waals surface area contributed by atoms with Crippen LogP contribution in [-0.2, 0) is 15.8 Å². The van der Waals surface area contributed by atoms with E-state index in [1.165, 1.54) is 0 Å². The van der Waals surface area contributed by atoms with E-state index in [0.29, 0.717) is 13.1 Å². The fourth-order valence-corrected chi connectivity index (χ4v) is 3.94. The van der Waals surface area contributed by atoms with Crippen LogP contribution in [0.25, 0.3) is 0 Å². The van der Waals surface area contributed by atoms with Gasteiger partial charge in [-0.15, -0.1) is 0 Å². The lowest BCUT2D eigenvalue weighted by molar-refractivity contribution is 0.362. The van der Waals surface area contributed by atoms with Crippen molar-refractivity contribution in [2.45, 2.75) is 25.6 Å². The molecule has 4 nitrogen and oxygen atoms in total. The van der Waals surface area contributed by atoms with Gasteiger partial charge in [-0.25, -0.2) is 8.42 Å². The topological polar surface area (TPSA) is 49.4 Å². The van der Waals surface area contributed by atoms with Gasteiger partial charge < -0.3 is 5.32 Å². The second-order valence-corrected chi connectivity index (χ2v) is 6.47. The Morgan fingerprint density at radius 1 is 1.29 bits per heavy atom. The van der Waals surface area contributed by atoms with Crippen molar-refractivity contribution in [3.8, 4) is 0 Å². The van der Waals surface area contributed by atoms with Crippen molar-refractivity contribution in [1.29, 1.82) is 0 Å². The first-order valence-corrected chi connectivity index (χ1v) is 7.43. The van der Waals surface area contributed by atoms with E-state index in [4.69, 9.17) is 0 Å². The Labute approximate surface area is 103 Å². The molecule has 0 fully saturated rings. The molecule has 0 aromatic heterocycles. The molecule has 1 N–H and O–H groups in total. The lowest BCUT2D eigenvalue weighted by Crippen LogP contribution is -2.42. The van der Waals surface area contributed by atoms with Crippen LogP contribution in [0.2, 0.25) is 0 Å². The highest BCUT2D eigenvalue weighted by molar-refractivity contribution is 7.88. The summed E-state index contributed by atoms with van der Waals surface area (Å²) in [5.74, 6) is 0.0777. The number of anilines is 1. The lowest BCUT2D eigenvalue weighted by Gasteiger charge is -2.29. The Kier molecular flexibility index (Phi) is 3.40. The van der Waals surface area contributed by atoms with Crippen LogP contribution in [0.1, 0.15) is 19.4 Å². The van der Waals surface area contributed by atoms with E-state index in [2.05, 4.69) is 5.32 Å². The van der Waals surface area contributed by atoms with Crippen LogP contribution >= 0.6 is 0 Å². The zero-order valence-corrected chi connectivity index (χ0v) is 11.0. The minimum atomic E-state index is -3.20. The first-order valence-electron chi connectivity index (χ1n) is 5.82. The summed E-state index contributed by atoms with van der Waals surface area (Å²) >= 11 is 0. The van der Waals surface area contributed by atoms with Crippen molar-refractivity contribution < 1.29 is 8.42 Å². The van der Waals surface area contributed by atoms with E-state index in [1.807, 2.05) is 38.1 Å². The van der Waals surface area contributed by atoms with Crippen molar-refractivity contribution in [2.24, 2.45) is 0 Å². The largest absolute Gasteiger partial charge is 0.383 e. The summed E-state index contributed by atoms with van der Waals surface area (Å²) in [7, 11) is -3.20. The summed E-state index contributed by atoms with van der Waals surface area (Å²) in [6, 6.07) is 7.59. The van der Waals surface area contributed by atoms with Crippen LogP contribution < -0.4 is 5.32 Å². The quantitative estimate of drug-likeness (QED) is 0.829. The highest BCUT2D eigenvalue weighted by Gasteiger charge is 2.27. The Balaban J connectivity index is 2.38. The normalized spacial score (nSPS) is 20.2. The Hall–Kier alpha value is -1.07. The molecular formula is C12H18N2O2S. The molecule has 0 bridgehead atoms. The summed E-state index contributed by atoms with van der Waals surface area (Å²) in [6.45, 7) is 4.98. The summed E-state index contributed by atoms with van der Waals surface area (Å²) < 4.78 is 26.1. The number of hydrogen-bond acceptors (Lipinski definition) is 3. The third-order valence-corrected chi connectivity index (χ3v) is 4.93. The first-order chi connectivity index (χ1) is 8.00. The van der Waals surface area contributed by atoms with Crippen molar-refractivity contribution in [3.05, 3.63) is 29.8 Å². The molecule has 1 aromatic rings. The number of para-hydroxylation sites is 1. The molecule has 0 saturated carbocycles. The number of fused-ring (bicyclic) bond motifs is 1. The molecule has 94 valence electrons. The smallest absolute Gasteiger partial charge is 0.218 e. The molecule has 0 atom stereocenters. The number of sulfonamides is 1. The van der Waals surface area contributed by atoms with Gasteiger partial charge in [0.1, 0.15) is 0 Å². The van der Waals surface area contributed by atoms with Gasteiger partial charge in [-0.2, -0.15) is 4.31 Å². The molecule has 0 amide bonds. The predicted molar refractivity (Wildman–Crippen MR) is 69.4 cm³/mol. The molecule has 0 spiro atoms. The van der Waals surface area contributed by atoms with Gasteiger partial charge in [-0.05, 0) is 25.5 Å². The highest BCUT2D eigenvalue weighted by atomic mass is 32.2. The van der Waals surface area contributed by atoms with Crippen molar-refractivity contribution in [1.82, 2.24) is 4.31 Å². The SMILES string of the molecule is CC(C)N1CCNc2ccccc2CS1(=O)=O. The molecule has 0 saturated heterocycles. The fraction of sp³-hybridized carbons (Fsp3) is 0.500. The molecule has 0 aliphatic carbocycles. The van der Waals surface area contributed by atoms with Gasteiger partial charge >= 0.3 is 0 Å². The van der Waals surface area contributed by atoms with Gasteiger partial charge in [0.2, 0.25) is 10.0 Å². The molecule has 1 aromatic carbocycles. The van der Waals surface area contributed by atoms with E-state index >= 15 is 0 Å². The van der Waals surface area contributed by atoms with Gasteiger partial charge in [0.15, 0.2) is 0 Å². The molecule has 0 unspecified atom stereocenters. The average Bonchev–Trinajstić information content (AvgIpc) is 2.22. The molecule has 2 rings (SSSR count). The monoisotopic (exact) mass is 254 g/mol. The second-order valence-electron chi connectivity index (χ2n) is 4.54. The van der Waals surface area contributed by atoms with Crippen LogP contribution in [0.4, 0.5) is 5.69 Å². The molecule has 5 heteroatoms. The lowest BCUT2D eigenvalue weighted by atomic mass is 10.2. The molecule has 1 aliphatic rings. The van der Waals surface area contributed by atoms with Crippen molar-refractivity contribution in [2.75, 3.05) is 18.4 Å². The Morgan fingerprint density at radius 3 is 2.71 bits per heavy atom. The van der Waals surface area contributed by atoms with E-state index < -0.39 is 10.0 Å². The van der Waals surface area contributed by atoms with Crippen molar-refractivity contribution in [3.63, 3.8) is 0 Å². The summed E-state index contributed by atoms with van der Waals surface area (Å²) in [6.07, 6.45) is 0. The zero-order valence-electron chi connectivity index (χ0n) is 10.2. The van der Waals surface area contributed by atoms with Gasteiger partial charge in [0.25, 0.3) is 0 Å². The minimum Gasteiger partial charge on any atom is -0.383 e. The molecular weight excluding hydrogens is 236 g/mol. The number of benzene rings is 1. The molecule has 17 heavy (non-hydrogen) atoms. The van der Waals surface area contributed by atoms with Crippen LogP contribution in [0.15, 0.2) is 24.3 Å². The Bertz CT molecular complexity index is 497. The van der Waals surface area contributed by atoms with Crippen LogP contribution in [0.3, 0.4) is 0 Å². The molecule has 0 radical (unpaired) electrons. The maximum absolute atomic E-state index is 12.3. The van der Waals surface area contributed by atoms with E-state index in [9.17, 15) is 8.42 Å². The zero-order chi connectivity index (χ0) is 12.5. The van der Waals surface area contributed by atoms with Gasteiger partial charge in [0, 0.05) is 24.8 Å². The summed E-state index contributed by atoms with van der Waals surface area (Å²) in [5, 5.41) is 3.28. The highest BCUT2D eigenvalue weighted by Crippen LogP contribution is 2.22. The van der Waals surface area contributed by atoms with Crippen LogP contribution in [0, 0.1) is 0 Å². The molecule has 1 heterocycles. The third-order valence-electron chi connectivity index (χ3n) is 2.94. The maximum atomic E-state index is 12.3. The second kappa shape index (κ2) is 4.66. The van der Waals surface area contributed by atoms with Gasteiger partial charge in [-0.1, -0.05) is 18.2 Å². The maximum Gasteiger partial charge on any atom is 0.218 e. The number of nitrogens with one attached hydrogen (secondary N) is 1. The third kappa shape index (κ3) is 2.61. The standard InChI is InChI=1S/C12H18N2O2S/c1-10(2)14-8-7-13-12-6-4-3-5-11(12)9-17(14,15)16/h3-6,10,13H,7-9H2,1-2H3. The average molecular weight is 254 g/mol. The number of rotatable bonds is 1. The molecule has 1 aliphatic heterocycles. The van der Waals surface area contributed by atoms with Crippen molar-refractivity contribution >= 4 is 15.7 Å². The van der Waals surface area contributed by atoms with E-state index in [1.54, 1.807) is 4.31 Å². The summed E-state index contributed by atoms with van der Waals surface area (Å²) in [5.41, 5.74) is 1.78. The number of hydrogen-bond donors (Lipinski definition) is 1.